The summed E-state index contributed by atoms with van der Waals surface area (Å²) in [7, 11) is 0. The Morgan fingerprint density at radius 1 is 0.720 bits per heavy atom. The fourth-order valence-electron chi connectivity index (χ4n) is 5.27. The molecule has 0 bridgehead atoms. The van der Waals surface area contributed by atoms with Crippen LogP contribution in [0.5, 0.6) is 0 Å². The van der Waals surface area contributed by atoms with Crippen LogP contribution in [0.4, 0.5) is 34.9 Å². The number of benzene rings is 2. The van der Waals surface area contributed by atoms with E-state index in [9.17, 15) is 14.4 Å². The first-order valence-electron chi connectivity index (χ1n) is 17.3. The predicted octanol–water partition coefficient (Wildman–Crippen LogP) is 3.59. The normalized spacial score (nSPS) is 11.9. The number of imidazole rings is 1. The molecule has 4 aromatic rings. The van der Waals surface area contributed by atoms with Crippen LogP contribution in [0.3, 0.4) is 0 Å². The van der Waals surface area contributed by atoms with Crippen molar-refractivity contribution >= 4 is 57.6 Å². The molecule has 2 aromatic heterocycles. The number of nitrogens with one attached hydrogen (secondary N) is 8. The highest BCUT2D eigenvalue weighted by Crippen LogP contribution is 2.19. The van der Waals surface area contributed by atoms with E-state index in [1.54, 1.807) is 30.3 Å². The molecule has 50 heavy (non-hydrogen) atoms. The van der Waals surface area contributed by atoms with Crippen molar-refractivity contribution in [2.45, 2.75) is 53.5 Å². The highest BCUT2D eigenvalue weighted by molar-refractivity contribution is 6.10. The quantitative estimate of drug-likeness (QED) is 0.0339. The van der Waals surface area contributed by atoms with E-state index in [0.717, 1.165) is 70.9 Å². The average molecular weight is 690 g/mol. The van der Waals surface area contributed by atoms with Crippen molar-refractivity contribution in [2.75, 3.05) is 79.1 Å². The van der Waals surface area contributed by atoms with Gasteiger partial charge in [0.15, 0.2) is 11.8 Å². The van der Waals surface area contributed by atoms with Gasteiger partial charge >= 0.3 is 5.69 Å². The molecule has 8 N–H and O–H groups in total. The molecular formula is C34H51N13O3. The molecule has 0 spiro atoms. The van der Waals surface area contributed by atoms with Gasteiger partial charge in [0.1, 0.15) is 0 Å². The first kappa shape index (κ1) is 37.8. The summed E-state index contributed by atoms with van der Waals surface area (Å²) in [5, 5.41) is 12.7. The second kappa shape index (κ2) is 19.2. The summed E-state index contributed by atoms with van der Waals surface area (Å²) in [5.41, 5.74) is 8.37. The largest absolute Gasteiger partial charge is 0.354 e. The number of aromatic amines is 2. The maximum absolute atomic E-state index is 13.0. The van der Waals surface area contributed by atoms with E-state index in [1.807, 2.05) is 12.1 Å². The van der Waals surface area contributed by atoms with E-state index < -0.39 is 11.9 Å². The number of H-pyrrole nitrogens is 2. The molecule has 0 aliphatic rings. The summed E-state index contributed by atoms with van der Waals surface area (Å²) >= 11 is 0. The van der Waals surface area contributed by atoms with E-state index >= 15 is 0 Å². The van der Waals surface area contributed by atoms with Crippen molar-refractivity contribution in [1.82, 2.24) is 40.1 Å². The van der Waals surface area contributed by atoms with Crippen LogP contribution in [0.2, 0.25) is 0 Å². The topological polar surface area (TPSA) is 200 Å². The van der Waals surface area contributed by atoms with Crippen molar-refractivity contribution < 1.29 is 9.59 Å². The Labute approximate surface area is 292 Å². The summed E-state index contributed by atoms with van der Waals surface area (Å²) in [6, 6.07) is 11.0. The number of amides is 1. The molecule has 16 heteroatoms. The number of anilines is 6. The number of aromatic nitrogens is 5. The predicted molar refractivity (Wildman–Crippen MR) is 200 cm³/mol. The van der Waals surface area contributed by atoms with Crippen LogP contribution in [0.15, 0.2) is 47.3 Å². The first-order valence-corrected chi connectivity index (χ1v) is 17.3. The van der Waals surface area contributed by atoms with Crippen molar-refractivity contribution in [3.63, 3.8) is 0 Å². The van der Waals surface area contributed by atoms with Gasteiger partial charge < -0.3 is 46.5 Å². The summed E-state index contributed by atoms with van der Waals surface area (Å²) in [6.45, 7) is 17.5. The molecule has 4 rings (SSSR count). The lowest BCUT2D eigenvalue weighted by Crippen LogP contribution is -2.48. The number of hydrazine groups is 1. The summed E-state index contributed by atoms with van der Waals surface area (Å²) in [4.78, 5) is 60.7. The fourth-order valence-corrected chi connectivity index (χ4v) is 5.27. The van der Waals surface area contributed by atoms with Gasteiger partial charge in [-0.1, -0.05) is 27.7 Å². The van der Waals surface area contributed by atoms with Gasteiger partial charge in [0, 0.05) is 30.2 Å². The lowest BCUT2D eigenvalue weighted by molar-refractivity contribution is -0.127. The van der Waals surface area contributed by atoms with Gasteiger partial charge in [0.05, 0.1) is 11.0 Å². The maximum atomic E-state index is 13.0. The van der Waals surface area contributed by atoms with Crippen LogP contribution in [0.25, 0.3) is 11.0 Å². The van der Waals surface area contributed by atoms with Crippen molar-refractivity contribution in [2.24, 2.45) is 0 Å². The Morgan fingerprint density at radius 2 is 1.24 bits per heavy atom. The molecule has 16 nitrogen and oxygen atoms in total. The van der Waals surface area contributed by atoms with Gasteiger partial charge in [-0.2, -0.15) is 15.0 Å². The van der Waals surface area contributed by atoms with Crippen LogP contribution in [0.1, 0.15) is 47.5 Å². The van der Waals surface area contributed by atoms with E-state index in [4.69, 9.17) is 0 Å². The van der Waals surface area contributed by atoms with Gasteiger partial charge in [0.25, 0.3) is 5.91 Å². The number of nitrogens with zero attached hydrogens (tertiary/aromatic N) is 5. The molecule has 0 saturated heterocycles. The lowest BCUT2D eigenvalue weighted by atomic mass is 10.2. The molecule has 0 aliphatic heterocycles. The number of hydrogen-bond donors (Lipinski definition) is 8. The van der Waals surface area contributed by atoms with E-state index in [1.165, 1.54) is 6.92 Å². The van der Waals surface area contributed by atoms with E-state index in [2.05, 4.69) is 94.5 Å². The van der Waals surface area contributed by atoms with E-state index in [-0.39, 0.29) is 11.5 Å². The van der Waals surface area contributed by atoms with Crippen LogP contribution in [-0.4, -0.2) is 105 Å². The minimum absolute atomic E-state index is 0.345. The molecule has 1 unspecified atom stereocenters. The highest BCUT2D eigenvalue weighted by atomic mass is 16.2. The molecule has 1 amide bonds. The van der Waals surface area contributed by atoms with Crippen molar-refractivity contribution in [1.29, 1.82) is 0 Å². The van der Waals surface area contributed by atoms with E-state index in [0.29, 0.717) is 40.3 Å². The molecule has 1 atom stereocenters. The molecule has 0 radical (unpaired) electrons. The Bertz CT molecular complexity index is 1680. The summed E-state index contributed by atoms with van der Waals surface area (Å²) in [5.74, 6) is 0.447. The zero-order chi connectivity index (χ0) is 35.9. The molecule has 0 fully saturated rings. The Balaban J connectivity index is 1.36. The van der Waals surface area contributed by atoms with Gasteiger partial charge in [-0.3, -0.25) is 9.59 Å². The summed E-state index contributed by atoms with van der Waals surface area (Å²) in [6.07, 6.45) is 1.92. The third-order valence-electron chi connectivity index (χ3n) is 8.25. The van der Waals surface area contributed by atoms with Crippen LogP contribution in [0, 0.1) is 0 Å². The first-order chi connectivity index (χ1) is 24.2. The smallest absolute Gasteiger partial charge is 0.323 e. The minimum Gasteiger partial charge on any atom is -0.354 e. The monoisotopic (exact) mass is 689 g/mol. The zero-order valence-corrected chi connectivity index (χ0v) is 29.7. The van der Waals surface area contributed by atoms with Gasteiger partial charge in [-0.15, -0.1) is 0 Å². The molecule has 2 aromatic carbocycles. The molecule has 270 valence electrons. The number of carbonyl (C=O) groups is 2. The Morgan fingerprint density at radius 3 is 1.80 bits per heavy atom. The highest BCUT2D eigenvalue weighted by Gasteiger charge is 2.23. The van der Waals surface area contributed by atoms with Crippen LogP contribution >= 0.6 is 0 Å². The lowest BCUT2D eigenvalue weighted by Gasteiger charge is -2.18. The molecule has 0 aliphatic carbocycles. The van der Waals surface area contributed by atoms with Crippen LogP contribution < -0.4 is 37.8 Å². The fraction of sp³-hybridized carbons (Fsp3) is 0.471. The molecule has 0 saturated carbocycles. The van der Waals surface area contributed by atoms with Gasteiger partial charge in [-0.25, -0.2) is 10.2 Å². The zero-order valence-electron chi connectivity index (χ0n) is 29.7. The molecular weight excluding hydrogens is 638 g/mol. The third kappa shape index (κ3) is 11.5. The second-order valence-corrected chi connectivity index (χ2v) is 11.8. The maximum Gasteiger partial charge on any atom is 0.323 e. The molecule has 2 heterocycles. The second-order valence-electron chi connectivity index (χ2n) is 11.8. The Hall–Kier alpha value is -5.06. The van der Waals surface area contributed by atoms with Gasteiger partial charge in [-0.05, 0) is 101 Å². The summed E-state index contributed by atoms with van der Waals surface area (Å²) < 4.78 is 0. The standard InChI is InChI=1S/C34H51N13O3/c1-6-46(7-2)20-10-18-35-31-41-32(36-19-11-21-47(8-3)9-4)43-33(42-31)38-24-12-14-25(15-13-24)44-45-29(23(5)48)30(49)37-26-16-17-27-28(22-26)40-34(50)39-27/h12-17,22,29,44-45H,6-11,18-21H2,1-5H3,(H,37,49)(H2,39,40,50)(H3,35,36,38,41,42,43). The number of carbonyl (C=O) groups excluding carboxylic acids is 2. The average Bonchev–Trinajstić information content (AvgIpc) is 3.48. The van der Waals surface area contributed by atoms with Crippen molar-refractivity contribution in [3.05, 3.63) is 52.9 Å². The number of rotatable bonds is 22. The Kier molecular flexibility index (Phi) is 14.5. The third-order valence-corrected chi connectivity index (χ3v) is 8.25. The van der Waals surface area contributed by atoms with Gasteiger partial charge in [0.2, 0.25) is 17.8 Å². The number of Topliss-reactive ketones (excluding diaryl/α,β-unsaturated/α-hetero) is 1. The number of hydrogen-bond acceptors (Lipinski definition) is 13. The minimum atomic E-state index is -1.17. The number of ketones is 1. The number of fused-ring (bicyclic) bond motifs is 1. The SMILES string of the molecule is CCN(CC)CCCNc1nc(NCCCN(CC)CC)nc(Nc2ccc(NNC(C(C)=O)C(=O)Nc3ccc4[nH]c(=O)[nH]c4c3)cc2)n1. The van der Waals surface area contributed by atoms with Crippen LogP contribution in [-0.2, 0) is 9.59 Å². The van der Waals surface area contributed by atoms with Crippen molar-refractivity contribution in [3.8, 4) is 0 Å².